The highest BCUT2D eigenvalue weighted by Crippen LogP contribution is 2.41. The van der Waals surface area contributed by atoms with Gasteiger partial charge in [-0.15, -0.1) is 25.5 Å². The van der Waals surface area contributed by atoms with Gasteiger partial charge in [-0.1, -0.05) is 243 Å². The Bertz CT molecular complexity index is 6440. The summed E-state index contributed by atoms with van der Waals surface area (Å²) in [6, 6.07) is 77.7. The van der Waals surface area contributed by atoms with Crippen LogP contribution in [0.2, 0.25) is 0 Å². The van der Waals surface area contributed by atoms with Crippen LogP contribution in [-0.2, 0) is 56.1 Å². The lowest BCUT2D eigenvalue weighted by Crippen LogP contribution is -2.47. The van der Waals surface area contributed by atoms with Gasteiger partial charge in [-0.2, -0.15) is 0 Å². The van der Waals surface area contributed by atoms with Gasteiger partial charge >= 0.3 is 5.97 Å². The number of halogens is 5. The van der Waals surface area contributed by atoms with Crippen LogP contribution in [-0.4, -0.2) is 206 Å². The number of hydrogen-bond donors (Lipinski definition) is 11. The van der Waals surface area contributed by atoms with E-state index in [0.717, 1.165) is 27.8 Å². The fourth-order valence-corrected chi connectivity index (χ4v) is 16.9. The number of anilines is 5. The molecular formula is C105H102F5N25O11. The minimum Gasteiger partial charge on any atom is -0.475 e. The van der Waals surface area contributed by atoms with Crippen LogP contribution in [0, 0.1) is 0 Å². The number of aromatic amines is 5. The maximum Gasteiger partial charge on any atom is 0.375 e. The second kappa shape index (κ2) is 47.7. The molecule has 0 saturated heterocycles. The molecule has 0 radical (unpaired) electrons. The predicted octanol–water partition coefficient (Wildman–Crippen LogP) is 12.8. The van der Waals surface area contributed by atoms with E-state index in [1.807, 2.05) is 152 Å². The fourth-order valence-electron chi connectivity index (χ4n) is 16.9. The Morgan fingerprint density at radius 3 is 0.664 bits per heavy atom. The number of nitrogens with two attached hydrogens (primary N) is 1. The van der Waals surface area contributed by atoms with Gasteiger partial charge in [0.2, 0.25) is 52.8 Å². The molecule has 748 valence electrons. The lowest BCUT2D eigenvalue weighted by Gasteiger charge is -2.21. The molecule has 5 aliphatic rings. The van der Waals surface area contributed by atoms with Crippen molar-refractivity contribution >= 4 is 87.6 Å². The van der Waals surface area contributed by atoms with Crippen LogP contribution in [0.15, 0.2) is 273 Å². The number of likely N-dealkylation sites (N-methyl/N-ethyl adjacent to an activating group) is 5. The smallest absolute Gasteiger partial charge is 0.375 e. The summed E-state index contributed by atoms with van der Waals surface area (Å²) >= 11 is 0. The average Bonchev–Trinajstić information content (AvgIpc) is 1.59. The van der Waals surface area contributed by atoms with Crippen LogP contribution in [0.3, 0.4) is 0 Å². The summed E-state index contributed by atoms with van der Waals surface area (Å²) in [5.41, 5.74) is 15.7. The Kier molecular flexibility index (Phi) is 33.5. The number of carboxylic acids is 1. The lowest BCUT2D eigenvalue weighted by molar-refractivity contribution is -0.121. The molecular weight excluding hydrogens is 1880 g/mol. The summed E-state index contributed by atoms with van der Waals surface area (Å²) in [5.74, 6) is -3.21. The summed E-state index contributed by atoms with van der Waals surface area (Å²) in [4.78, 5) is 151. The first kappa shape index (κ1) is 103. The van der Waals surface area contributed by atoms with Gasteiger partial charge in [0, 0.05) is 156 Å². The van der Waals surface area contributed by atoms with Crippen molar-refractivity contribution in [3.05, 3.63) is 387 Å². The van der Waals surface area contributed by atoms with Crippen molar-refractivity contribution in [1.29, 1.82) is 0 Å². The normalized spacial score (nSPS) is 18.7. The average molecular weight is 1990 g/mol. The van der Waals surface area contributed by atoms with E-state index in [1.54, 1.807) is 157 Å². The molecule has 5 aliphatic heterocycles. The van der Waals surface area contributed by atoms with Crippen molar-refractivity contribution in [1.82, 2.24) is 97.2 Å². The Balaban J connectivity index is 0.000000134. The van der Waals surface area contributed by atoms with E-state index in [-0.39, 0.29) is 90.8 Å². The van der Waals surface area contributed by atoms with Crippen molar-refractivity contribution in [2.75, 3.05) is 59.7 Å². The summed E-state index contributed by atoms with van der Waals surface area (Å²) in [6.45, 7) is 0. The molecule has 10 atom stereocenters. The largest absolute Gasteiger partial charge is 0.475 e. The molecule has 0 saturated carbocycles. The van der Waals surface area contributed by atoms with Crippen molar-refractivity contribution in [2.45, 2.75) is 125 Å². The second-order valence-corrected chi connectivity index (χ2v) is 34.7. The number of para-hydroxylation sites is 5. The number of rotatable bonds is 19. The van der Waals surface area contributed by atoms with Gasteiger partial charge in [0.15, 0.2) is 0 Å². The number of carbonyl (C=O) groups excluding carboxylic acids is 9. The number of carbonyl (C=O) groups is 10. The standard InChI is InChI=1S/4C21H20FN5O2.C11H13FN2O.C10H9N3O2/c4*1-27-17-10-6-5-9-14(17)15(22)12-16(21(27)29)23-20(28)19-24-18(25-26-19)11-13-7-3-2-4-8-13;1-14-10-5-3-2-4-7(10)8(12)6-9(13)11(14)15;14-10(15)9-11-8(12-13-9)6-7-4-2-1-3-5-7/h4*2-10,15-16H,11-12H2,1H3,(H,23,28)(H,24,25,26);2-5,8-9H,6,13H2,1H3;1-5H,6H2,(H,14,15)(H,11,12,13)/t2*15-,16+;2*15-,16-;;/m1010../s1. The van der Waals surface area contributed by atoms with Crippen LogP contribution in [0.4, 0.5) is 50.4 Å². The number of fused-ring (bicyclic) bond motifs is 5. The fraction of sp³-hybridized carbons (Fsp3) is 0.238. The first-order chi connectivity index (χ1) is 70.5. The van der Waals surface area contributed by atoms with E-state index in [2.05, 4.69) is 97.2 Å². The number of amides is 9. The second-order valence-electron chi connectivity index (χ2n) is 34.7. The monoisotopic (exact) mass is 1980 g/mol. The van der Waals surface area contributed by atoms with Crippen molar-refractivity contribution < 1.29 is 75.0 Å². The molecule has 5 aromatic heterocycles. The van der Waals surface area contributed by atoms with Crippen molar-refractivity contribution in [2.24, 2.45) is 5.73 Å². The SMILES string of the molecule is CN1C(=O)C(N)CC(F)c2ccccc21.CN1C(=O)[C@@H](NC(=O)c2n[nH]c(Cc3ccccc3)n2)C[C@@H](F)c2ccccc21.CN1C(=O)[C@@H](NC(=O)c2n[nH]c(Cc3ccccc3)n2)C[C@H](F)c2ccccc21.CN1C(=O)[C@H](NC(=O)c2n[nH]c(Cc3ccccc3)n2)C[C@@H](F)c2ccccc21.CN1C(=O)[C@H](NC(=O)c2n[nH]c(Cc3ccccc3)n2)C[C@H](F)c2ccccc21.O=C(O)c1n[nH]c(Cc2ccccc2)n1. The highest BCUT2D eigenvalue weighted by molar-refractivity contribution is 6.06. The third kappa shape index (κ3) is 25.6. The van der Waals surface area contributed by atoms with Crippen molar-refractivity contribution in [3.8, 4) is 0 Å². The molecule has 0 aliphatic carbocycles. The molecule has 0 fully saturated rings. The van der Waals surface area contributed by atoms with Gasteiger partial charge in [0.1, 0.15) is 84.1 Å². The molecule has 41 heteroatoms. The molecule has 10 heterocycles. The Morgan fingerprint density at radius 2 is 0.459 bits per heavy atom. The van der Waals surface area contributed by atoms with Gasteiger partial charge in [-0.05, 0) is 58.1 Å². The summed E-state index contributed by atoms with van der Waals surface area (Å²) < 4.78 is 72.8. The first-order valence-corrected chi connectivity index (χ1v) is 46.5. The third-order valence-electron chi connectivity index (χ3n) is 24.5. The van der Waals surface area contributed by atoms with Crippen LogP contribution in [0.25, 0.3) is 0 Å². The molecule has 0 spiro atoms. The zero-order chi connectivity index (χ0) is 103. The number of H-pyrrole nitrogens is 5. The van der Waals surface area contributed by atoms with E-state index in [0.29, 0.717) is 117 Å². The number of aromatic nitrogens is 15. The summed E-state index contributed by atoms with van der Waals surface area (Å²) in [6.07, 6.45) is -4.63. The Hall–Kier alpha value is -17.8. The van der Waals surface area contributed by atoms with E-state index in [1.165, 1.54) is 24.5 Å². The maximum absolute atomic E-state index is 14.8. The molecule has 146 heavy (non-hydrogen) atoms. The molecule has 20 rings (SSSR count). The number of alkyl halides is 5. The maximum atomic E-state index is 14.8. The minimum atomic E-state index is -1.37. The summed E-state index contributed by atoms with van der Waals surface area (Å²) in [5, 5.41) is 51.8. The Morgan fingerprint density at radius 1 is 0.281 bits per heavy atom. The molecule has 10 aromatic carbocycles. The van der Waals surface area contributed by atoms with Crippen LogP contribution in [0.1, 0.15) is 201 Å². The molecule has 9 amide bonds. The number of hydrogen-bond acceptors (Lipinski definition) is 21. The number of benzene rings is 10. The van der Waals surface area contributed by atoms with E-state index < -0.39 is 90.7 Å². The van der Waals surface area contributed by atoms with Crippen LogP contribution < -0.4 is 51.5 Å². The molecule has 0 bridgehead atoms. The quantitative estimate of drug-likeness (QED) is 0.0335. The van der Waals surface area contributed by atoms with Gasteiger partial charge < -0.3 is 56.6 Å². The van der Waals surface area contributed by atoms with Gasteiger partial charge in [-0.25, -0.2) is 51.7 Å². The molecule has 12 N–H and O–H groups in total. The van der Waals surface area contributed by atoms with E-state index in [4.69, 9.17) is 10.8 Å². The predicted molar refractivity (Wildman–Crippen MR) is 530 cm³/mol. The molecule has 36 nitrogen and oxygen atoms in total. The number of nitrogens with one attached hydrogen (secondary N) is 9. The number of carboxylic acid groups (broad SMARTS) is 1. The molecule has 2 unspecified atom stereocenters. The minimum absolute atomic E-state index is 0.0557. The highest BCUT2D eigenvalue weighted by Gasteiger charge is 2.41. The van der Waals surface area contributed by atoms with E-state index >= 15 is 0 Å². The van der Waals surface area contributed by atoms with Crippen LogP contribution in [0.5, 0.6) is 0 Å². The van der Waals surface area contributed by atoms with Gasteiger partial charge in [-0.3, -0.25) is 68.6 Å². The topological polar surface area (TPSA) is 489 Å². The highest BCUT2D eigenvalue weighted by atomic mass is 19.2. The van der Waals surface area contributed by atoms with E-state index in [9.17, 15) is 69.9 Å². The van der Waals surface area contributed by atoms with Gasteiger partial charge in [0.05, 0.1) is 6.04 Å². The van der Waals surface area contributed by atoms with Crippen LogP contribution >= 0.6 is 0 Å². The summed E-state index contributed by atoms with van der Waals surface area (Å²) in [7, 11) is 7.91. The van der Waals surface area contributed by atoms with Gasteiger partial charge in [0.25, 0.3) is 29.5 Å². The third-order valence-corrected chi connectivity index (χ3v) is 24.5. The number of nitrogens with zero attached hydrogens (tertiary/aromatic N) is 15. The number of aromatic carboxylic acids is 1. The van der Waals surface area contributed by atoms with Crippen molar-refractivity contribution in [3.63, 3.8) is 0 Å². The first-order valence-electron chi connectivity index (χ1n) is 46.5. The lowest BCUT2D eigenvalue weighted by atomic mass is 10.0. The molecule has 15 aromatic rings. The zero-order valence-corrected chi connectivity index (χ0v) is 79.5. The Labute approximate surface area is 833 Å². The zero-order valence-electron chi connectivity index (χ0n) is 79.5.